The molecule has 612 valence electrons. The predicted octanol–water partition coefficient (Wildman–Crippen LogP) is 25.2. The summed E-state index contributed by atoms with van der Waals surface area (Å²) in [6.45, 7) is 14.3. The summed E-state index contributed by atoms with van der Waals surface area (Å²) < 4.78 is 68.8. The average molecular weight is 1510 g/mol. The lowest BCUT2D eigenvalue weighted by Gasteiger charge is -2.21. The van der Waals surface area contributed by atoms with Crippen LogP contribution in [0.5, 0.6) is 0 Å². The predicted molar refractivity (Wildman–Crippen MR) is 423 cm³/mol. The lowest BCUT2D eigenvalue weighted by Crippen LogP contribution is -2.30. The fourth-order valence-corrected chi connectivity index (χ4v) is 14.5. The van der Waals surface area contributed by atoms with Gasteiger partial charge < -0.3 is 33.8 Å². The molecule has 6 atom stereocenters. The van der Waals surface area contributed by atoms with Gasteiger partial charge in [0, 0.05) is 25.7 Å². The molecule has 0 saturated carbocycles. The molecule has 0 aromatic rings. The Hall–Kier alpha value is -1.94. The topological polar surface area (TPSA) is 237 Å². The monoisotopic (exact) mass is 1510 g/mol. The van der Waals surface area contributed by atoms with Gasteiger partial charge in [-0.1, -0.05) is 383 Å². The number of aliphatic hydroxyl groups excluding tert-OH is 1. The third-order valence-corrected chi connectivity index (χ3v) is 21.8. The van der Waals surface area contributed by atoms with E-state index in [1.807, 2.05) is 0 Å². The van der Waals surface area contributed by atoms with E-state index in [4.69, 9.17) is 37.0 Å². The Morgan fingerprint density at radius 1 is 0.272 bits per heavy atom. The zero-order valence-corrected chi connectivity index (χ0v) is 69.7. The quantitative estimate of drug-likeness (QED) is 0.0222. The van der Waals surface area contributed by atoms with Gasteiger partial charge in [0.05, 0.1) is 26.4 Å². The SMILES string of the molecule is CCC(C)CCCCCCCCCCCCCCCCC(=O)O[C@H](COC(=O)CCCCCCCCCCCCCCCCCCCCC(C)C)COP(=O)(O)OCC(O)COP(=O)(O)OC[C@@H](COC(=O)CCCCCCCCCC(C)C)OC(=O)CCCCCCCCCCCCCC(C)C. The van der Waals surface area contributed by atoms with Crippen LogP contribution in [-0.4, -0.2) is 96.7 Å². The molecular formula is C84H164O17P2. The Balaban J connectivity index is 5.22. The second-order valence-corrected chi connectivity index (χ2v) is 34.8. The molecule has 0 aromatic carbocycles. The Labute approximate surface area is 632 Å². The summed E-state index contributed by atoms with van der Waals surface area (Å²) in [5.74, 6) is 1.03. The summed E-state index contributed by atoms with van der Waals surface area (Å²) in [6, 6.07) is 0. The van der Waals surface area contributed by atoms with Crippen molar-refractivity contribution in [1.82, 2.24) is 0 Å². The van der Waals surface area contributed by atoms with Gasteiger partial charge in [-0.3, -0.25) is 37.3 Å². The first-order valence-electron chi connectivity index (χ1n) is 43.2. The molecule has 17 nitrogen and oxygen atoms in total. The Bertz CT molecular complexity index is 2010. The molecular weight excluding hydrogens is 1340 g/mol. The van der Waals surface area contributed by atoms with Crippen LogP contribution in [0.2, 0.25) is 0 Å². The number of hydrogen-bond acceptors (Lipinski definition) is 15. The number of phosphoric ester groups is 2. The normalized spacial score (nSPS) is 14.2. The third kappa shape index (κ3) is 76.6. The van der Waals surface area contributed by atoms with E-state index in [1.165, 1.54) is 231 Å². The molecule has 0 aliphatic carbocycles. The second kappa shape index (κ2) is 72.9. The molecule has 0 amide bonds. The average Bonchev–Trinajstić information content (AvgIpc) is 0.907. The summed E-state index contributed by atoms with van der Waals surface area (Å²) in [4.78, 5) is 73.1. The van der Waals surface area contributed by atoms with E-state index in [2.05, 4.69) is 55.4 Å². The number of rotatable bonds is 81. The van der Waals surface area contributed by atoms with Crippen molar-refractivity contribution in [1.29, 1.82) is 0 Å². The van der Waals surface area contributed by atoms with Gasteiger partial charge in [0.15, 0.2) is 12.2 Å². The number of carbonyl (C=O) groups is 4. The molecule has 4 unspecified atom stereocenters. The minimum Gasteiger partial charge on any atom is -0.462 e. The van der Waals surface area contributed by atoms with Gasteiger partial charge in [0.2, 0.25) is 0 Å². The summed E-state index contributed by atoms with van der Waals surface area (Å²) in [5.41, 5.74) is 0. The van der Waals surface area contributed by atoms with Gasteiger partial charge in [0.1, 0.15) is 19.3 Å². The van der Waals surface area contributed by atoms with Crippen LogP contribution in [0.3, 0.4) is 0 Å². The van der Waals surface area contributed by atoms with Crippen molar-refractivity contribution in [3.8, 4) is 0 Å². The fourth-order valence-electron chi connectivity index (χ4n) is 12.9. The van der Waals surface area contributed by atoms with Crippen molar-refractivity contribution >= 4 is 39.5 Å². The molecule has 0 rings (SSSR count). The summed E-state index contributed by atoms with van der Waals surface area (Å²) in [5, 5.41) is 10.7. The van der Waals surface area contributed by atoms with Crippen LogP contribution in [0.4, 0.5) is 0 Å². The molecule has 103 heavy (non-hydrogen) atoms. The van der Waals surface area contributed by atoms with E-state index < -0.39 is 97.5 Å². The van der Waals surface area contributed by atoms with E-state index in [0.29, 0.717) is 31.6 Å². The minimum atomic E-state index is -4.97. The molecule has 0 aliphatic heterocycles. The molecule has 0 aromatic heterocycles. The van der Waals surface area contributed by atoms with Gasteiger partial charge >= 0.3 is 39.5 Å². The molecule has 19 heteroatoms. The molecule has 0 heterocycles. The van der Waals surface area contributed by atoms with E-state index in [1.54, 1.807) is 0 Å². The lowest BCUT2D eigenvalue weighted by molar-refractivity contribution is -0.161. The van der Waals surface area contributed by atoms with E-state index in [0.717, 1.165) is 114 Å². The van der Waals surface area contributed by atoms with Crippen molar-refractivity contribution in [2.45, 2.75) is 453 Å². The van der Waals surface area contributed by atoms with E-state index in [9.17, 15) is 43.2 Å². The maximum Gasteiger partial charge on any atom is 0.472 e. The smallest absolute Gasteiger partial charge is 0.462 e. The summed E-state index contributed by atoms with van der Waals surface area (Å²) >= 11 is 0. The van der Waals surface area contributed by atoms with Crippen LogP contribution in [0, 0.1) is 23.7 Å². The Morgan fingerprint density at radius 2 is 0.466 bits per heavy atom. The van der Waals surface area contributed by atoms with Crippen molar-refractivity contribution in [2.24, 2.45) is 23.7 Å². The lowest BCUT2D eigenvalue weighted by atomic mass is 9.99. The van der Waals surface area contributed by atoms with Gasteiger partial charge in [0.25, 0.3) is 0 Å². The van der Waals surface area contributed by atoms with Crippen LogP contribution >= 0.6 is 15.6 Å². The van der Waals surface area contributed by atoms with Crippen LogP contribution in [0.15, 0.2) is 0 Å². The number of ether oxygens (including phenoxy) is 4. The van der Waals surface area contributed by atoms with Crippen molar-refractivity contribution in [2.75, 3.05) is 39.6 Å². The van der Waals surface area contributed by atoms with Crippen molar-refractivity contribution < 1.29 is 80.2 Å². The fraction of sp³-hybridized carbons (Fsp3) is 0.952. The number of carbonyl (C=O) groups excluding carboxylic acids is 4. The van der Waals surface area contributed by atoms with E-state index in [-0.39, 0.29) is 25.7 Å². The minimum absolute atomic E-state index is 0.105. The molecule has 0 fully saturated rings. The van der Waals surface area contributed by atoms with Gasteiger partial charge in [-0.25, -0.2) is 9.13 Å². The van der Waals surface area contributed by atoms with Gasteiger partial charge in [-0.05, 0) is 49.4 Å². The standard InChI is InChI=1S/C84H164O17P2/c1-9-77(8)63-55-47-39-31-25-19-16-17-21-27-33-41-50-58-66-83(88)100-79(70-94-81(86)64-56-48-40-32-26-20-15-13-11-10-12-14-18-23-29-36-44-52-60-74(2)3)72-98-102(90,91)96-68-78(85)69-97-103(92,93)99-73-80(71-95-82(87)65-57-49-43-35-38-46-54-62-76(6)7)101-84(89)67-59-51-42-34-28-22-24-30-37-45-53-61-75(4)5/h74-80,85H,9-73H2,1-8H3,(H,90,91)(H,92,93)/t77?,78?,79-,80-/m1/s1. The van der Waals surface area contributed by atoms with Gasteiger partial charge in [-0.15, -0.1) is 0 Å². The molecule has 0 saturated heterocycles. The van der Waals surface area contributed by atoms with Crippen molar-refractivity contribution in [3.63, 3.8) is 0 Å². The third-order valence-electron chi connectivity index (χ3n) is 19.9. The van der Waals surface area contributed by atoms with E-state index >= 15 is 0 Å². The largest absolute Gasteiger partial charge is 0.472 e. The van der Waals surface area contributed by atoms with Crippen LogP contribution < -0.4 is 0 Å². The Morgan fingerprint density at radius 3 is 0.689 bits per heavy atom. The molecule has 0 bridgehead atoms. The number of hydrogen-bond donors (Lipinski definition) is 3. The number of esters is 4. The summed E-state index contributed by atoms with van der Waals surface area (Å²) in [7, 11) is -9.93. The highest BCUT2D eigenvalue weighted by Gasteiger charge is 2.30. The highest BCUT2D eigenvalue weighted by Crippen LogP contribution is 2.45. The van der Waals surface area contributed by atoms with Crippen LogP contribution in [-0.2, 0) is 65.4 Å². The molecule has 3 N–H and O–H groups in total. The number of phosphoric acid groups is 2. The van der Waals surface area contributed by atoms with Crippen LogP contribution in [0.1, 0.15) is 434 Å². The second-order valence-electron chi connectivity index (χ2n) is 31.9. The zero-order valence-electron chi connectivity index (χ0n) is 68.0. The van der Waals surface area contributed by atoms with Crippen LogP contribution in [0.25, 0.3) is 0 Å². The maximum atomic E-state index is 13.1. The first kappa shape index (κ1) is 101. The highest BCUT2D eigenvalue weighted by atomic mass is 31.2. The highest BCUT2D eigenvalue weighted by molar-refractivity contribution is 7.47. The Kier molecular flexibility index (Phi) is 71.5. The van der Waals surface area contributed by atoms with Crippen molar-refractivity contribution in [3.05, 3.63) is 0 Å². The number of unbranched alkanes of at least 4 members (excludes halogenated alkanes) is 46. The first-order chi connectivity index (χ1) is 49.6. The summed E-state index contributed by atoms with van der Waals surface area (Å²) in [6.07, 6.45) is 61.2. The zero-order chi connectivity index (χ0) is 76.0. The van der Waals surface area contributed by atoms with Gasteiger partial charge in [-0.2, -0.15) is 0 Å². The maximum absolute atomic E-state index is 13.1. The first-order valence-corrected chi connectivity index (χ1v) is 46.2. The number of aliphatic hydroxyl groups is 1. The molecule has 0 spiro atoms. The molecule has 0 radical (unpaired) electrons. The molecule has 0 aliphatic rings.